The first-order chi connectivity index (χ1) is 12.5. The summed E-state index contributed by atoms with van der Waals surface area (Å²) < 4.78 is 10.2. The van der Waals surface area contributed by atoms with Crippen molar-refractivity contribution in [2.24, 2.45) is 0 Å². The van der Waals surface area contributed by atoms with Gasteiger partial charge in [-0.25, -0.2) is 0 Å². The second-order valence-electron chi connectivity index (χ2n) is 5.06. The number of hydrogen-bond acceptors (Lipinski definition) is 6. The third-order valence-corrected chi connectivity index (χ3v) is 3.24. The summed E-state index contributed by atoms with van der Waals surface area (Å²) >= 11 is 0. The van der Waals surface area contributed by atoms with Crippen LogP contribution in [0.3, 0.4) is 0 Å². The van der Waals surface area contributed by atoms with Gasteiger partial charge in [0.2, 0.25) is 0 Å². The standard InChI is InChI=1S/C19H16N2O5/c1-25-17-10-13(7-8-16(17)26-12-18(22)23)9-14(11-20)19(24)21-15-5-3-2-4-6-15/h2-10H,12H2,1H3,(H,21,24)(H,22,23)/p-1/b14-9+. The van der Waals surface area contributed by atoms with E-state index in [1.165, 1.54) is 25.3 Å². The average Bonchev–Trinajstić information content (AvgIpc) is 2.65. The Morgan fingerprint density at radius 2 is 1.92 bits per heavy atom. The van der Waals surface area contributed by atoms with Gasteiger partial charge in [-0.3, -0.25) is 4.79 Å². The minimum atomic E-state index is -1.36. The zero-order valence-electron chi connectivity index (χ0n) is 13.9. The summed E-state index contributed by atoms with van der Waals surface area (Å²) in [5, 5.41) is 22.4. The molecule has 0 saturated carbocycles. The maximum atomic E-state index is 12.2. The number of nitrogens with zero attached hydrogens (tertiary/aromatic N) is 1. The number of carbonyl (C=O) groups excluding carboxylic acids is 2. The lowest BCUT2D eigenvalue weighted by molar-refractivity contribution is -0.307. The van der Waals surface area contributed by atoms with Crippen LogP contribution in [0, 0.1) is 11.3 Å². The number of amides is 1. The molecule has 1 N–H and O–H groups in total. The molecule has 2 aromatic carbocycles. The lowest BCUT2D eigenvalue weighted by Gasteiger charge is -2.11. The van der Waals surface area contributed by atoms with E-state index in [0.717, 1.165) is 0 Å². The fraction of sp³-hybridized carbons (Fsp3) is 0.105. The molecular formula is C19H15N2O5-. The molecule has 0 radical (unpaired) electrons. The normalized spacial score (nSPS) is 10.5. The van der Waals surface area contributed by atoms with Crippen molar-refractivity contribution in [2.45, 2.75) is 0 Å². The van der Waals surface area contributed by atoms with Gasteiger partial charge in [-0.05, 0) is 35.9 Å². The van der Waals surface area contributed by atoms with Crippen LogP contribution in [0.4, 0.5) is 5.69 Å². The van der Waals surface area contributed by atoms with Crippen LogP contribution in [0.25, 0.3) is 6.08 Å². The third-order valence-electron chi connectivity index (χ3n) is 3.24. The summed E-state index contributed by atoms with van der Waals surface area (Å²) in [6.45, 7) is -0.617. The van der Waals surface area contributed by atoms with Crippen molar-refractivity contribution in [3.63, 3.8) is 0 Å². The molecule has 1 amide bonds. The van der Waals surface area contributed by atoms with Crippen molar-refractivity contribution in [1.29, 1.82) is 5.26 Å². The van der Waals surface area contributed by atoms with Gasteiger partial charge < -0.3 is 24.7 Å². The average molecular weight is 351 g/mol. The molecule has 0 saturated heterocycles. The van der Waals surface area contributed by atoms with E-state index in [1.54, 1.807) is 30.3 Å². The Bertz CT molecular complexity index is 869. The maximum absolute atomic E-state index is 12.2. The molecule has 0 atom stereocenters. The zero-order chi connectivity index (χ0) is 18.9. The largest absolute Gasteiger partial charge is 0.546 e. The highest BCUT2D eigenvalue weighted by atomic mass is 16.5. The van der Waals surface area contributed by atoms with Crippen molar-refractivity contribution in [2.75, 3.05) is 19.0 Å². The van der Waals surface area contributed by atoms with E-state index < -0.39 is 18.5 Å². The number of carboxylic acid groups (broad SMARTS) is 1. The number of ether oxygens (including phenoxy) is 2. The number of benzene rings is 2. The quantitative estimate of drug-likeness (QED) is 0.596. The molecule has 7 nitrogen and oxygen atoms in total. The van der Waals surface area contributed by atoms with Gasteiger partial charge in [0.05, 0.1) is 13.1 Å². The molecule has 0 aromatic heterocycles. The van der Waals surface area contributed by atoms with Crippen LogP contribution in [0.2, 0.25) is 0 Å². The molecule has 0 bridgehead atoms. The van der Waals surface area contributed by atoms with Crippen LogP contribution in [0.15, 0.2) is 54.1 Å². The van der Waals surface area contributed by atoms with Gasteiger partial charge in [0.15, 0.2) is 11.5 Å². The Balaban J connectivity index is 2.21. The smallest absolute Gasteiger partial charge is 0.266 e. The monoisotopic (exact) mass is 351 g/mol. The van der Waals surface area contributed by atoms with Crippen LogP contribution >= 0.6 is 0 Å². The number of carbonyl (C=O) groups is 2. The summed E-state index contributed by atoms with van der Waals surface area (Å²) in [6.07, 6.45) is 1.39. The van der Waals surface area contributed by atoms with Crippen molar-refractivity contribution in [3.05, 3.63) is 59.7 Å². The van der Waals surface area contributed by atoms with E-state index in [2.05, 4.69) is 5.32 Å². The van der Waals surface area contributed by atoms with E-state index >= 15 is 0 Å². The first-order valence-corrected chi connectivity index (χ1v) is 7.52. The third kappa shape index (κ3) is 5.11. The number of aliphatic carboxylic acids is 1. The predicted molar refractivity (Wildman–Crippen MR) is 92.2 cm³/mol. The van der Waals surface area contributed by atoms with E-state index in [4.69, 9.17) is 9.47 Å². The molecule has 0 unspecified atom stereocenters. The highest BCUT2D eigenvalue weighted by Gasteiger charge is 2.11. The summed E-state index contributed by atoms with van der Waals surface area (Å²) in [5.74, 6) is -1.43. The molecule has 0 fully saturated rings. The lowest BCUT2D eigenvalue weighted by atomic mass is 10.1. The van der Waals surface area contributed by atoms with Crippen molar-refractivity contribution >= 4 is 23.6 Å². The molecule has 7 heteroatoms. The summed E-state index contributed by atoms with van der Waals surface area (Å²) in [6, 6.07) is 15.2. The van der Waals surface area contributed by atoms with Gasteiger partial charge in [-0.2, -0.15) is 5.26 Å². The highest BCUT2D eigenvalue weighted by molar-refractivity contribution is 6.09. The number of nitrogens with one attached hydrogen (secondary N) is 1. The van der Waals surface area contributed by atoms with Gasteiger partial charge >= 0.3 is 0 Å². The Morgan fingerprint density at radius 1 is 1.19 bits per heavy atom. The minimum Gasteiger partial charge on any atom is -0.546 e. The second kappa shape index (κ2) is 8.89. The van der Waals surface area contributed by atoms with Crippen LogP contribution in [0.5, 0.6) is 11.5 Å². The summed E-state index contributed by atoms with van der Waals surface area (Å²) in [7, 11) is 1.39. The summed E-state index contributed by atoms with van der Waals surface area (Å²) in [4.78, 5) is 22.7. The van der Waals surface area contributed by atoms with Crippen LogP contribution in [-0.2, 0) is 9.59 Å². The van der Waals surface area contributed by atoms with Gasteiger partial charge in [-0.15, -0.1) is 0 Å². The second-order valence-corrected chi connectivity index (χ2v) is 5.06. The maximum Gasteiger partial charge on any atom is 0.266 e. The molecule has 0 aliphatic heterocycles. The molecule has 26 heavy (non-hydrogen) atoms. The number of carboxylic acids is 1. The van der Waals surface area contributed by atoms with Gasteiger partial charge in [0.25, 0.3) is 5.91 Å². The number of para-hydroxylation sites is 1. The number of methoxy groups -OCH3 is 1. The lowest BCUT2D eigenvalue weighted by Crippen LogP contribution is -2.29. The molecule has 0 aliphatic rings. The molecule has 132 valence electrons. The first-order valence-electron chi connectivity index (χ1n) is 7.52. The minimum absolute atomic E-state index is 0.0979. The van der Waals surface area contributed by atoms with Crippen molar-refractivity contribution in [1.82, 2.24) is 0 Å². The molecule has 2 rings (SSSR count). The zero-order valence-corrected chi connectivity index (χ0v) is 13.9. The van der Waals surface area contributed by atoms with Crippen LogP contribution in [-0.4, -0.2) is 25.6 Å². The van der Waals surface area contributed by atoms with Crippen LogP contribution in [0.1, 0.15) is 5.56 Å². The van der Waals surface area contributed by atoms with Crippen molar-refractivity contribution < 1.29 is 24.2 Å². The molecule has 0 spiro atoms. The fourth-order valence-corrected chi connectivity index (χ4v) is 2.07. The Kier molecular flexibility index (Phi) is 6.34. The van der Waals surface area contributed by atoms with Crippen molar-refractivity contribution in [3.8, 4) is 17.6 Å². The van der Waals surface area contributed by atoms with Crippen LogP contribution < -0.4 is 19.9 Å². The summed E-state index contributed by atoms with van der Waals surface area (Å²) in [5.41, 5.74) is 0.990. The fourth-order valence-electron chi connectivity index (χ4n) is 2.07. The van der Waals surface area contributed by atoms with Gasteiger partial charge in [0.1, 0.15) is 18.2 Å². The van der Waals surface area contributed by atoms with E-state index in [9.17, 15) is 20.0 Å². The number of anilines is 1. The number of rotatable bonds is 7. The van der Waals surface area contributed by atoms with E-state index in [1.807, 2.05) is 12.1 Å². The highest BCUT2D eigenvalue weighted by Crippen LogP contribution is 2.29. The Labute approximate surface area is 150 Å². The predicted octanol–water partition coefficient (Wildman–Crippen LogP) is 1.37. The first kappa shape index (κ1) is 18.5. The molecule has 2 aromatic rings. The molecule has 0 aliphatic carbocycles. The van der Waals surface area contributed by atoms with E-state index in [0.29, 0.717) is 11.3 Å². The van der Waals surface area contributed by atoms with Gasteiger partial charge in [0, 0.05) is 5.69 Å². The van der Waals surface area contributed by atoms with Gasteiger partial charge in [-0.1, -0.05) is 24.3 Å². The Morgan fingerprint density at radius 3 is 2.54 bits per heavy atom. The molecular weight excluding hydrogens is 336 g/mol. The van der Waals surface area contributed by atoms with E-state index in [-0.39, 0.29) is 17.1 Å². The molecule has 0 heterocycles. The Hall–Kier alpha value is -3.79. The SMILES string of the molecule is COc1cc(/C=C(\C#N)C(=O)Nc2ccccc2)ccc1OCC(=O)[O-]. The topological polar surface area (TPSA) is 111 Å². The number of nitriles is 1. The number of hydrogen-bond donors (Lipinski definition) is 1.